The van der Waals surface area contributed by atoms with E-state index in [-0.39, 0.29) is 12.5 Å². The minimum absolute atomic E-state index is 0.155. The Bertz CT molecular complexity index is 108. The number of hydrogen-bond donors (Lipinski definition) is 1. The maximum Gasteiger partial charge on any atom is 0.224 e. The number of ether oxygens (including phenoxy) is 2. The third-order valence-corrected chi connectivity index (χ3v) is 0.577. The summed E-state index contributed by atoms with van der Waals surface area (Å²) in [5, 5.41) is 6.79. The summed E-state index contributed by atoms with van der Waals surface area (Å²) < 4.78 is 9.21. The first-order valence-corrected chi connectivity index (χ1v) is 1.90. The van der Waals surface area contributed by atoms with Gasteiger partial charge in [0.25, 0.3) is 0 Å². The van der Waals surface area contributed by atoms with Gasteiger partial charge in [0, 0.05) is 0 Å². The van der Waals surface area contributed by atoms with Crippen LogP contribution in [0.15, 0.2) is 12.5 Å². The Morgan fingerprint density at radius 1 is 1.57 bits per heavy atom. The highest BCUT2D eigenvalue weighted by molar-refractivity contribution is 5.74. The molecule has 1 rings (SSSR count). The highest BCUT2D eigenvalue weighted by Crippen LogP contribution is 1.90. The van der Waals surface area contributed by atoms with Gasteiger partial charge in [0.15, 0.2) is 6.61 Å². The van der Waals surface area contributed by atoms with Crippen molar-refractivity contribution in [1.82, 2.24) is 0 Å². The zero-order valence-electron chi connectivity index (χ0n) is 3.68. The molecule has 0 bridgehead atoms. The molecule has 3 nitrogen and oxygen atoms in total. The van der Waals surface area contributed by atoms with Crippen LogP contribution in [0.4, 0.5) is 0 Å². The summed E-state index contributed by atoms with van der Waals surface area (Å²) >= 11 is 0. The summed E-state index contributed by atoms with van der Waals surface area (Å²) in [5.41, 5.74) is 0. The van der Waals surface area contributed by atoms with Gasteiger partial charge in [-0.25, -0.2) is 0 Å². The van der Waals surface area contributed by atoms with Crippen LogP contribution in [-0.2, 0) is 9.47 Å². The van der Waals surface area contributed by atoms with Crippen LogP contribution in [-0.4, -0.2) is 12.5 Å². The lowest BCUT2D eigenvalue weighted by atomic mass is 10.7. The largest absolute Gasteiger partial charge is 0.488 e. The fourth-order valence-corrected chi connectivity index (χ4v) is 0.307. The van der Waals surface area contributed by atoms with E-state index in [2.05, 4.69) is 9.47 Å². The Morgan fingerprint density at radius 2 is 2.43 bits per heavy atom. The maximum absolute atomic E-state index is 6.79. The standard InChI is InChI=1S/C4H5NO2/c5-4-3-6-1-2-7-4/h1-2,5H,3H2. The van der Waals surface area contributed by atoms with Gasteiger partial charge in [-0.1, -0.05) is 0 Å². The monoisotopic (exact) mass is 99.0 g/mol. The second-order valence-electron chi connectivity index (χ2n) is 1.12. The highest BCUT2D eigenvalue weighted by Gasteiger charge is 1.97. The van der Waals surface area contributed by atoms with Gasteiger partial charge in [-0.05, 0) is 0 Å². The molecule has 0 atom stereocenters. The SMILES string of the molecule is N=C1COC=CO1. The lowest BCUT2D eigenvalue weighted by Crippen LogP contribution is -2.09. The average molecular weight is 99.1 g/mol. The molecule has 0 saturated heterocycles. The van der Waals surface area contributed by atoms with Gasteiger partial charge in [-0.2, -0.15) is 0 Å². The summed E-state index contributed by atoms with van der Waals surface area (Å²) in [6, 6.07) is 0. The Balaban J connectivity index is 2.47. The van der Waals surface area contributed by atoms with E-state index in [9.17, 15) is 0 Å². The molecule has 1 aliphatic heterocycles. The quantitative estimate of drug-likeness (QED) is 0.480. The van der Waals surface area contributed by atoms with Crippen molar-refractivity contribution in [2.24, 2.45) is 0 Å². The zero-order valence-corrected chi connectivity index (χ0v) is 3.68. The van der Waals surface area contributed by atoms with Crippen LogP contribution in [0.3, 0.4) is 0 Å². The number of rotatable bonds is 0. The van der Waals surface area contributed by atoms with Crippen molar-refractivity contribution >= 4 is 5.90 Å². The molecule has 3 heteroatoms. The Kier molecular flexibility index (Phi) is 0.978. The van der Waals surface area contributed by atoms with Gasteiger partial charge in [0.2, 0.25) is 5.90 Å². The molecule has 0 aromatic carbocycles. The highest BCUT2D eigenvalue weighted by atomic mass is 16.6. The van der Waals surface area contributed by atoms with Crippen molar-refractivity contribution in [2.75, 3.05) is 6.61 Å². The summed E-state index contributed by atoms with van der Waals surface area (Å²) in [6.07, 6.45) is 2.75. The lowest BCUT2D eigenvalue weighted by molar-refractivity contribution is 0.233. The van der Waals surface area contributed by atoms with E-state index in [0.717, 1.165) is 0 Å². The lowest BCUT2D eigenvalue weighted by Gasteiger charge is -2.05. The molecule has 0 radical (unpaired) electrons. The van der Waals surface area contributed by atoms with Crippen LogP contribution in [0, 0.1) is 5.41 Å². The molecule has 7 heavy (non-hydrogen) atoms. The molecule has 0 aromatic heterocycles. The van der Waals surface area contributed by atoms with Gasteiger partial charge < -0.3 is 9.47 Å². The Labute approximate surface area is 41.1 Å². The average Bonchev–Trinajstić information content (AvgIpc) is 1.69. The van der Waals surface area contributed by atoms with Crippen molar-refractivity contribution in [3.05, 3.63) is 12.5 Å². The van der Waals surface area contributed by atoms with E-state index < -0.39 is 0 Å². The first-order valence-electron chi connectivity index (χ1n) is 1.90. The van der Waals surface area contributed by atoms with Crippen molar-refractivity contribution in [1.29, 1.82) is 5.41 Å². The first kappa shape index (κ1) is 4.18. The fourth-order valence-electron chi connectivity index (χ4n) is 0.307. The molecule has 0 spiro atoms. The Hall–Kier alpha value is -0.990. The van der Waals surface area contributed by atoms with Crippen LogP contribution < -0.4 is 0 Å². The first-order chi connectivity index (χ1) is 3.39. The molecule has 0 fully saturated rings. The molecule has 1 aliphatic rings. The van der Waals surface area contributed by atoms with Crippen molar-refractivity contribution in [3.8, 4) is 0 Å². The molecular weight excluding hydrogens is 94.0 g/mol. The molecule has 0 aliphatic carbocycles. The van der Waals surface area contributed by atoms with Crippen LogP contribution in [0.2, 0.25) is 0 Å². The van der Waals surface area contributed by atoms with E-state index in [1.807, 2.05) is 0 Å². The van der Waals surface area contributed by atoms with Crippen LogP contribution >= 0.6 is 0 Å². The summed E-state index contributed by atoms with van der Waals surface area (Å²) in [5.74, 6) is 0.155. The van der Waals surface area contributed by atoms with Crippen LogP contribution in [0.25, 0.3) is 0 Å². The third kappa shape index (κ3) is 0.924. The maximum atomic E-state index is 6.79. The number of nitrogens with one attached hydrogen (secondary N) is 1. The van der Waals surface area contributed by atoms with Gasteiger partial charge in [0.05, 0.1) is 0 Å². The summed E-state index contributed by atoms with van der Waals surface area (Å²) in [6.45, 7) is 0.260. The van der Waals surface area contributed by atoms with Gasteiger partial charge in [0.1, 0.15) is 12.5 Å². The third-order valence-electron chi connectivity index (χ3n) is 0.577. The van der Waals surface area contributed by atoms with Crippen LogP contribution in [0.5, 0.6) is 0 Å². The van der Waals surface area contributed by atoms with Crippen molar-refractivity contribution < 1.29 is 9.47 Å². The van der Waals surface area contributed by atoms with E-state index in [0.29, 0.717) is 0 Å². The molecule has 0 saturated carbocycles. The molecule has 38 valence electrons. The van der Waals surface area contributed by atoms with Crippen molar-refractivity contribution in [2.45, 2.75) is 0 Å². The minimum atomic E-state index is 0.155. The fraction of sp³-hybridized carbons (Fsp3) is 0.250. The molecule has 1 N–H and O–H groups in total. The van der Waals surface area contributed by atoms with Gasteiger partial charge in [-0.3, -0.25) is 5.41 Å². The summed E-state index contributed by atoms with van der Waals surface area (Å²) in [4.78, 5) is 0. The molecule has 1 heterocycles. The van der Waals surface area contributed by atoms with Crippen molar-refractivity contribution in [3.63, 3.8) is 0 Å². The van der Waals surface area contributed by atoms with E-state index in [4.69, 9.17) is 5.41 Å². The van der Waals surface area contributed by atoms with E-state index in [1.54, 1.807) is 0 Å². The zero-order chi connectivity index (χ0) is 5.11. The molecule has 0 unspecified atom stereocenters. The molecule has 0 amide bonds. The normalized spacial score (nSPS) is 18.0. The predicted octanol–water partition coefficient (Wildman–Crippen LogP) is 0.482. The Morgan fingerprint density at radius 3 is 2.71 bits per heavy atom. The number of hydrogen-bond acceptors (Lipinski definition) is 3. The van der Waals surface area contributed by atoms with Crippen LogP contribution in [0.1, 0.15) is 0 Å². The topological polar surface area (TPSA) is 42.3 Å². The van der Waals surface area contributed by atoms with Gasteiger partial charge >= 0.3 is 0 Å². The molecular formula is C4H5NO2. The van der Waals surface area contributed by atoms with Gasteiger partial charge in [-0.15, -0.1) is 0 Å². The summed E-state index contributed by atoms with van der Waals surface area (Å²) in [7, 11) is 0. The smallest absolute Gasteiger partial charge is 0.224 e. The minimum Gasteiger partial charge on any atom is -0.488 e. The van der Waals surface area contributed by atoms with E-state index in [1.165, 1.54) is 12.5 Å². The second kappa shape index (κ2) is 1.64. The van der Waals surface area contributed by atoms with E-state index >= 15 is 0 Å². The predicted molar refractivity (Wildman–Crippen MR) is 23.9 cm³/mol. The second-order valence-corrected chi connectivity index (χ2v) is 1.12. The molecule has 0 aromatic rings.